The van der Waals surface area contributed by atoms with E-state index in [1.54, 1.807) is 30.9 Å². The number of aromatic nitrogens is 3. The molecule has 200 valence electrons. The van der Waals surface area contributed by atoms with E-state index < -0.39 is 0 Å². The van der Waals surface area contributed by atoms with Crippen molar-refractivity contribution in [3.05, 3.63) is 52.4 Å². The van der Waals surface area contributed by atoms with Crippen LogP contribution in [-0.4, -0.2) is 89.6 Å². The quantitative estimate of drug-likeness (QED) is 0.516. The maximum atomic E-state index is 13.5. The summed E-state index contributed by atoms with van der Waals surface area (Å²) >= 11 is 0. The fraction of sp³-hybridized carbons (Fsp3) is 0.500. The van der Waals surface area contributed by atoms with Crippen LogP contribution in [0.4, 0.5) is 17.3 Å². The Morgan fingerprint density at radius 3 is 2.45 bits per heavy atom. The van der Waals surface area contributed by atoms with Gasteiger partial charge in [-0.15, -0.1) is 0 Å². The summed E-state index contributed by atoms with van der Waals surface area (Å²) in [7, 11) is 3.32. The predicted octanol–water partition coefficient (Wildman–Crippen LogP) is 2.45. The van der Waals surface area contributed by atoms with Crippen LogP contribution >= 0.6 is 0 Å². The van der Waals surface area contributed by atoms with Gasteiger partial charge in [0.05, 0.1) is 0 Å². The van der Waals surface area contributed by atoms with E-state index in [-0.39, 0.29) is 23.1 Å². The Balaban J connectivity index is 1.21. The highest BCUT2D eigenvalue weighted by atomic mass is 16.2. The summed E-state index contributed by atoms with van der Waals surface area (Å²) in [5.41, 5.74) is 2.58. The molecule has 0 atom stereocenters. The number of nitrogens with zero attached hydrogens (tertiary/aromatic N) is 6. The van der Waals surface area contributed by atoms with E-state index in [1.807, 2.05) is 12.1 Å². The Morgan fingerprint density at radius 1 is 1.05 bits per heavy atom. The highest BCUT2D eigenvalue weighted by molar-refractivity contribution is 5.96. The number of hydrogen-bond donors (Lipinski definition) is 2. The van der Waals surface area contributed by atoms with Crippen molar-refractivity contribution in [3.63, 3.8) is 0 Å². The van der Waals surface area contributed by atoms with E-state index in [4.69, 9.17) is 4.98 Å². The average molecular weight is 517 g/mol. The maximum Gasteiger partial charge on any atom is 0.265 e. The van der Waals surface area contributed by atoms with Crippen LogP contribution in [0.2, 0.25) is 0 Å². The molecule has 3 fully saturated rings. The molecule has 2 aromatic heterocycles. The molecule has 0 radical (unpaired) electrons. The zero-order valence-electron chi connectivity index (χ0n) is 22.2. The van der Waals surface area contributed by atoms with E-state index in [9.17, 15) is 9.59 Å². The van der Waals surface area contributed by atoms with Gasteiger partial charge in [-0.1, -0.05) is 12.8 Å². The number of hydrogen-bond acceptors (Lipinski definition) is 8. The molecule has 1 saturated carbocycles. The van der Waals surface area contributed by atoms with Gasteiger partial charge >= 0.3 is 0 Å². The fourth-order valence-electron chi connectivity index (χ4n) is 5.90. The predicted molar refractivity (Wildman–Crippen MR) is 149 cm³/mol. The van der Waals surface area contributed by atoms with Crippen molar-refractivity contribution in [1.82, 2.24) is 29.7 Å². The Bertz CT molecular complexity index is 1370. The minimum atomic E-state index is -0.299. The molecule has 38 heavy (non-hydrogen) atoms. The molecule has 4 heterocycles. The van der Waals surface area contributed by atoms with Crippen LogP contribution in [0.15, 0.2) is 41.3 Å². The molecule has 0 spiro atoms. The molecule has 3 aliphatic rings. The van der Waals surface area contributed by atoms with Gasteiger partial charge in [-0.2, -0.15) is 4.98 Å². The number of anilines is 3. The highest BCUT2D eigenvalue weighted by Gasteiger charge is 2.32. The summed E-state index contributed by atoms with van der Waals surface area (Å²) < 4.78 is 1.73. The molecule has 1 aromatic carbocycles. The number of benzene rings is 1. The van der Waals surface area contributed by atoms with E-state index in [0.717, 1.165) is 70.6 Å². The van der Waals surface area contributed by atoms with Crippen molar-refractivity contribution >= 4 is 34.3 Å². The largest absolute Gasteiger partial charge is 0.368 e. The van der Waals surface area contributed by atoms with Gasteiger partial charge in [0.25, 0.3) is 11.5 Å². The first-order valence-electron chi connectivity index (χ1n) is 13.7. The molecule has 0 bridgehead atoms. The molecule has 2 N–H and O–H groups in total. The molecule has 1 amide bonds. The second-order valence-corrected chi connectivity index (χ2v) is 10.9. The maximum absolute atomic E-state index is 13.5. The summed E-state index contributed by atoms with van der Waals surface area (Å²) in [6.07, 6.45) is 5.66. The summed E-state index contributed by atoms with van der Waals surface area (Å²) in [6, 6.07) is 10.7. The van der Waals surface area contributed by atoms with Crippen molar-refractivity contribution in [2.45, 2.75) is 37.8 Å². The zero-order chi connectivity index (χ0) is 26.2. The third kappa shape index (κ3) is 4.74. The highest BCUT2D eigenvalue weighted by Crippen LogP contribution is 2.31. The molecule has 0 unspecified atom stereocenters. The van der Waals surface area contributed by atoms with Gasteiger partial charge in [0.15, 0.2) is 0 Å². The Kier molecular flexibility index (Phi) is 6.75. The third-order valence-electron chi connectivity index (χ3n) is 8.12. The molecule has 6 rings (SSSR count). The van der Waals surface area contributed by atoms with Crippen LogP contribution in [0.1, 0.15) is 42.1 Å². The summed E-state index contributed by atoms with van der Waals surface area (Å²) in [5.74, 6) is 0.137. The molecule has 2 aliphatic heterocycles. The molecule has 10 heteroatoms. The number of piperazine rings is 1. The molecule has 2 saturated heterocycles. The summed E-state index contributed by atoms with van der Waals surface area (Å²) in [5, 5.41) is 7.42. The first-order valence-corrected chi connectivity index (χ1v) is 13.7. The number of nitrogens with one attached hydrogen (secondary N) is 2. The number of amides is 1. The Hall–Kier alpha value is -3.50. The van der Waals surface area contributed by atoms with E-state index >= 15 is 0 Å². The average Bonchev–Trinajstić information content (AvgIpc) is 3.43. The lowest BCUT2D eigenvalue weighted by molar-refractivity contribution is 0.0825. The number of carbonyl (C=O) groups excluding carboxylic acids is 1. The van der Waals surface area contributed by atoms with Crippen LogP contribution in [0, 0.1) is 0 Å². The lowest BCUT2D eigenvalue weighted by Gasteiger charge is -2.48. The van der Waals surface area contributed by atoms with Crippen molar-refractivity contribution < 1.29 is 4.79 Å². The molecule has 10 nitrogen and oxygen atoms in total. The summed E-state index contributed by atoms with van der Waals surface area (Å²) in [6.45, 7) is 6.57. The SMILES string of the molecule is CN(C)C(=O)c1cc2cnc(Nc3ccc(N4CC(N5CCNCC5)C4)cc3)nc2n(C2CCCC2)c1=O. The van der Waals surface area contributed by atoms with Gasteiger partial charge in [-0.25, -0.2) is 4.98 Å². The lowest BCUT2D eigenvalue weighted by Crippen LogP contribution is -2.62. The Morgan fingerprint density at radius 2 is 1.76 bits per heavy atom. The van der Waals surface area contributed by atoms with Crippen LogP contribution in [0.25, 0.3) is 11.0 Å². The number of fused-ring (bicyclic) bond motifs is 1. The standard InChI is InChI=1S/C28H36N8O2/c1-33(2)26(37)24-15-19-16-30-28(32-25(19)36(27(24)38)22-5-3-4-6-22)31-20-7-9-21(10-8-20)35-17-23(18-35)34-13-11-29-12-14-34/h7-10,15-16,22-23,29H,3-6,11-14,17-18H2,1-2H3,(H,30,31,32). The van der Waals surface area contributed by atoms with Gasteiger partial charge in [0.2, 0.25) is 5.95 Å². The van der Waals surface area contributed by atoms with Crippen molar-refractivity contribution in [3.8, 4) is 0 Å². The molecular formula is C28H36N8O2. The molecule has 1 aliphatic carbocycles. The minimum absolute atomic E-state index is 0.0449. The first-order chi connectivity index (χ1) is 18.5. The number of pyridine rings is 1. The summed E-state index contributed by atoms with van der Waals surface area (Å²) in [4.78, 5) is 41.9. The van der Waals surface area contributed by atoms with Crippen LogP contribution in [0.3, 0.4) is 0 Å². The van der Waals surface area contributed by atoms with Crippen LogP contribution in [0.5, 0.6) is 0 Å². The minimum Gasteiger partial charge on any atom is -0.368 e. The smallest absolute Gasteiger partial charge is 0.265 e. The van der Waals surface area contributed by atoms with Crippen molar-refractivity contribution in [2.75, 3.05) is 63.6 Å². The van der Waals surface area contributed by atoms with Crippen molar-refractivity contribution in [1.29, 1.82) is 0 Å². The second-order valence-electron chi connectivity index (χ2n) is 10.9. The lowest BCUT2D eigenvalue weighted by atomic mass is 10.0. The van der Waals surface area contributed by atoms with Crippen LogP contribution in [-0.2, 0) is 0 Å². The number of carbonyl (C=O) groups is 1. The van der Waals surface area contributed by atoms with Crippen LogP contribution < -0.4 is 21.1 Å². The van der Waals surface area contributed by atoms with Gasteiger partial charge in [-0.05, 0) is 43.2 Å². The molecule has 3 aromatic rings. The van der Waals surface area contributed by atoms with E-state index in [2.05, 4.69) is 37.6 Å². The topological polar surface area (TPSA) is 98.6 Å². The van der Waals surface area contributed by atoms with Crippen molar-refractivity contribution in [2.24, 2.45) is 0 Å². The normalized spacial score (nSPS) is 19.1. The molecular weight excluding hydrogens is 480 g/mol. The van der Waals surface area contributed by atoms with E-state index in [0.29, 0.717) is 23.0 Å². The third-order valence-corrected chi connectivity index (χ3v) is 8.12. The first kappa shape index (κ1) is 24.8. The Labute approximate surface area is 222 Å². The fourth-order valence-corrected chi connectivity index (χ4v) is 5.90. The van der Waals surface area contributed by atoms with Gasteiger partial charge < -0.3 is 20.4 Å². The second kappa shape index (κ2) is 10.3. The number of rotatable bonds is 6. The monoisotopic (exact) mass is 516 g/mol. The van der Waals surface area contributed by atoms with Gasteiger partial charge in [-0.3, -0.25) is 19.1 Å². The van der Waals surface area contributed by atoms with Gasteiger partial charge in [0.1, 0.15) is 11.2 Å². The zero-order valence-corrected chi connectivity index (χ0v) is 22.2. The van der Waals surface area contributed by atoms with E-state index in [1.165, 1.54) is 10.6 Å². The van der Waals surface area contributed by atoms with Gasteiger partial charge in [0, 0.05) is 88.4 Å².